The normalized spacial score (nSPS) is 12.7. The second-order valence-electron chi connectivity index (χ2n) is 4.60. The van der Waals surface area contributed by atoms with Gasteiger partial charge in [-0.3, -0.25) is 14.9 Å². The average Bonchev–Trinajstić information content (AvgIpc) is 2.93. The van der Waals surface area contributed by atoms with E-state index < -0.39 is 5.91 Å². The summed E-state index contributed by atoms with van der Waals surface area (Å²) < 4.78 is 10.8. The van der Waals surface area contributed by atoms with Gasteiger partial charge in [-0.25, -0.2) is 4.98 Å². The number of nitrogens with one attached hydrogen (secondary N) is 1. The van der Waals surface area contributed by atoms with Crippen LogP contribution in [-0.2, 0) is 11.2 Å². The molecule has 0 radical (unpaired) electrons. The minimum atomic E-state index is -0.463. The van der Waals surface area contributed by atoms with Gasteiger partial charge in [-0.2, -0.15) is 0 Å². The van der Waals surface area contributed by atoms with Crippen LogP contribution in [0.4, 0.5) is 5.13 Å². The maximum atomic E-state index is 12.2. The molecular formula is C14H13N3O4S. The van der Waals surface area contributed by atoms with E-state index in [1.807, 2.05) is 0 Å². The second-order valence-corrected chi connectivity index (χ2v) is 5.46. The summed E-state index contributed by atoms with van der Waals surface area (Å²) >= 11 is 1.24. The zero-order valence-electron chi connectivity index (χ0n) is 11.5. The molecule has 22 heavy (non-hydrogen) atoms. The summed E-state index contributed by atoms with van der Waals surface area (Å²) in [6.45, 7) is 0.960. The maximum Gasteiger partial charge on any atom is 0.257 e. The first kappa shape index (κ1) is 14.3. The number of benzene rings is 1. The molecule has 0 aliphatic carbocycles. The Balaban J connectivity index is 1.71. The van der Waals surface area contributed by atoms with Gasteiger partial charge < -0.3 is 15.2 Å². The molecule has 2 aromatic rings. The quantitative estimate of drug-likeness (QED) is 0.881. The Bertz CT molecular complexity index is 729. The molecule has 0 saturated carbocycles. The summed E-state index contributed by atoms with van der Waals surface area (Å²) in [5.74, 6) is 0.403. The monoisotopic (exact) mass is 319 g/mol. The van der Waals surface area contributed by atoms with Gasteiger partial charge in [0.25, 0.3) is 5.91 Å². The molecule has 7 nitrogen and oxygen atoms in total. The molecule has 1 aromatic carbocycles. The number of hydrogen-bond acceptors (Lipinski definition) is 6. The SMILES string of the molecule is NC(=O)Cc1csc(NC(=O)c2ccc3c(c2)OCCO3)n1. The zero-order chi connectivity index (χ0) is 15.5. The highest BCUT2D eigenvalue weighted by atomic mass is 32.1. The summed E-state index contributed by atoms with van der Waals surface area (Å²) in [6.07, 6.45) is 0.0520. The van der Waals surface area contributed by atoms with Crippen molar-refractivity contribution in [2.24, 2.45) is 5.73 Å². The third-order valence-electron chi connectivity index (χ3n) is 2.93. The van der Waals surface area contributed by atoms with E-state index in [4.69, 9.17) is 15.2 Å². The number of amides is 2. The van der Waals surface area contributed by atoms with Crippen LogP contribution in [0, 0.1) is 0 Å². The number of ether oxygens (including phenoxy) is 2. The first-order valence-corrected chi connectivity index (χ1v) is 7.43. The lowest BCUT2D eigenvalue weighted by molar-refractivity contribution is -0.117. The zero-order valence-corrected chi connectivity index (χ0v) is 12.3. The third kappa shape index (κ3) is 3.17. The molecule has 114 valence electrons. The van der Waals surface area contributed by atoms with E-state index in [1.54, 1.807) is 23.6 Å². The molecule has 0 atom stereocenters. The molecule has 3 N–H and O–H groups in total. The van der Waals surface area contributed by atoms with Crippen molar-refractivity contribution < 1.29 is 19.1 Å². The molecule has 2 amide bonds. The predicted molar refractivity (Wildman–Crippen MR) is 80.4 cm³/mol. The molecule has 0 spiro atoms. The minimum Gasteiger partial charge on any atom is -0.486 e. The van der Waals surface area contributed by atoms with Crippen LogP contribution in [0.2, 0.25) is 0 Å². The number of carbonyl (C=O) groups excluding carboxylic acids is 2. The number of thiazole rings is 1. The molecule has 0 saturated heterocycles. The van der Waals surface area contributed by atoms with Crippen LogP contribution in [0.3, 0.4) is 0 Å². The Morgan fingerprint density at radius 2 is 2.05 bits per heavy atom. The van der Waals surface area contributed by atoms with Crippen molar-refractivity contribution in [3.63, 3.8) is 0 Å². The first-order valence-electron chi connectivity index (χ1n) is 6.55. The topological polar surface area (TPSA) is 104 Å². The molecular weight excluding hydrogens is 306 g/mol. The lowest BCUT2D eigenvalue weighted by atomic mass is 10.2. The number of anilines is 1. The molecule has 3 rings (SSSR count). The second kappa shape index (κ2) is 6.02. The van der Waals surface area contributed by atoms with Gasteiger partial charge in [-0.05, 0) is 18.2 Å². The van der Waals surface area contributed by atoms with E-state index in [0.717, 1.165) is 0 Å². The predicted octanol–water partition coefficient (Wildman–Crippen LogP) is 1.19. The molecule has 0 fully saturated rings. The first-order chi connectivity index (χ1) is 10.6. The molecule has 0 bridgehead atoms. The van der Waals surface area contributed by atoms with Gasteiger partial charge in [-0.15, -0.1) is 11.3 Å². The Labute approximate surface area is 130 Å². The summed E-state index contributed by atoms with van der Waals surface area (Å²) in [5, 5.41) is 4.78. The smallest absolute Gasteiger partial charge is 0.257 e. The number of fused-ring (bicyclic) bond motifs is 1. The lowest BCUT2D eigenvalue weighted by Gasteiger charge is -2.18. The Morgan fingerprint density at radius 1 is 1.27 bits per heavy atom. The largest absolute Gasteiger partial charge is 0.486 e. The van der Waals surface area contributed by atoms with E-state index in [-0.39, 0.29) is 12.3 Å². The highest BCUT2D eigenvalue weighted by Gasteiger charge is 2.16. The fourth-order valence-corrected chi connectivity index (χ4v) is 2.68. The number of hydrogen-bond donors (Lipinski definition) is 2. The standard InChI is InChI=1S/C14H13N3O4S/c15-12(18)6-9-7-22-14(16-9)17-13(19)8-1-2-10-11(5-8)21-4-3-20-10/h1-2,5,7H,3-4,6H2,(H2,15,18)(H,16,17,19). The number of primary amides is 1. The molecule has 2 heterocycles. The molecule has 1 aromatic heterocycles. The van der Waals surface area contributed by atoms with Crippen molar-refractivity contribution in [3.8, 4) is 11.5 Å². The van der Waals surface area contributed by atoms with Crippen molar-refractivity contribution in [1.29, 1.82) is 0 Å². The summed E-state index contributed by atoms with van der Waals surface area (Å²) in [7, 11) is 0. The molecule has 0 unspecified atom stereocenters. The summed E-state index contributed by atoms with van der Waals surface area (Å²) in [6, 6.07) is 4.98. The van der Waals surface area contributed by atoms with E-state index >= 15 is 0 Å². The van der Waals surface area contributed by atoms with Gasteiger partial charge in [0.15, 0.2) is 16.6 Å². The van der Waals surface area contributed by atoms with Crippen LogP contribution >= 0.6 is 11.3 Å². The van der Waals surface area contributed by atoms with Gasteiger partial charge in [-0.1, -0.05) is 0 Å². The van der Waals surface area contributed by atoms with E-state index in [0.29, 0.717) is 41.1 Å². The number of rotatable bonds is 4. The van der Waals surface area contributed by atoms with Gasteiger partial charge >= 0.3 is 0 Å². The molecule has 8 heteroatoms. The van der Waals surface area contributed by atoms with Crippen molar-refractivity contribution in [2.45, 2.75) is 6.42 Å². The van der Waals surface area contributed by atoms with Crippen LogP contribution in [0.5, 0.6) is 11.5 Å². The van der Waals surface area contributed by atoms with Crippen molar-refractivity contribution >= 4 is 28.3 Å². The summed E-state index contributed by atoms with van der Waals surface area (Å²) in [5.41, 5.74) is 6.08. The van der Waals surface area contributed by atoms with Gasteiger partial charge in [0.2, 0.25) is 5.91 Å². The molecule has 1 aliphatic heterocycles. The van der Waals surface area contributed by atoms with Gasteiger partial charge in [0, 0.05) is 10.9 Å². The fourth-order valence-electron chi connectivity index (χ4n) is 1.98. The highest BCUT2D eigenvalue weighted by Crippen LogP contribution is 2.31. The van der Waals surface area contributed by atoms with Crippen LogP contribution in [-0.4, -0.2) is 30.0 Å². The Kier molecular flexibility index (Phi) is 3.92. The molecule has 1 aliphatic rings. The number of aromatic nitrogens is 1. The van der Waals surface area contributed by atoms with E-state index in [9.17, 15) is 9.59 Å². The Morgan fingerprint density at radius 3 is 2.82 bits per heavy atom. The van der Waals surface area contributed by atoms with Gasteiger partial charge in [0.05, 0.1) is 12.1 Å². The van der Waals surface area contributed by atoms with Crippen LogP contribution in [0.15, 0.2) is 23.6 Å². The summed E-state index contributed by atoms with van der Waals surface area (Å²) in [4.78, 5) is 27.2. The average molecular weight is 319 g/mol. The van der Waals surface area contributed by atoms with E-state index in [2.05, 4.69) is 10.3 Å². The van der Waals surface area contributed by atoms with Gasteiger partial charge in [0.1, 0.15) is 13.2 Å². The van der Waals surface area contributed by atoms with E-state index in [1.165, 1.54) is 11.3 Å². The third-order valence-corrected chi connectivity index (χ3v) is 3.74. The lowest BCUT2D eigenvalue weighted by Crippen LogP contribution is -2.17. The number of nitrogens with two attached hydrogens (primary N) is 1. The maximum absolute atomic E-state index is 12.2. The fraction of sp³-hybridized carbons (Fsp3) is 0.214. The Hall–Kier alpha value is -2.61. The van der Waals surface area contributed by atoms with Crippen LogP contribution in [0.1, 0.15) is 16.1 Å². The van der Waals surface area contributed by atoms with Crippen molar-refractivity contribution in [2.75, 3.05) is 18.5 Å². The van der Waals surface area contributed by atoms with Crippen molar-refractivity contribution in [1.82, 2.24) is 4.98 Å². The van der Waals surface area contributed by atoms with Crippen molar-refractivity contribution in [3.05, 3.63) is 34.8 Å². The van der Waals surface area contributed by atoms with Crippen LogP contribution in [0.25, 0.3) is 0 Å². The number of carbonyl (C=O) groups is 2. The minimum absolute atomic E-state index is 0.0520. The van der Waals surface area contributed by atoms with Crippen LogP contribution < -0.4 is 20.5 Å². The highest BCUT2D eigenvalue weighted by molar-refractivity contribution is 7.14. The number of nitrogens with zero attached hydrogens (tertiary/aromatic N) is 1.